The van der Waals surface area contributed by atoms with E-state index in [1.807, 2.05) is 72.0 Å². The van der Waals surface area contributed by atoms with Crippen LogP contribution in [0.1, 0.15) is 0 Å². The topological polar surface area (TPSA) is 43.6 Å². The highest BCUT2D eigenvalue weighted by Crippen LogP contribution is 2.40. The molecule has 0 aliphatic rings. The van der Waals surface area contributed by atoms with E-state index in [9.17, 15) is 0 Å². The summed E-state index contributed by atoms with van der Waals surface area (Å²) < 4.78 is 4.98. The van der Waals surface area contributed by atoms with Gasteiger partial charge in [-0.3, -0.25) is 0 Å². The van der Waals surface area contributed by atoms with Crippen molar-refractivity contribution in [1.82, 2.24) is 19.5 Å². The van der Waals surface area contributed by atoms with E-state index in [1.54, 1.807) is 0 Å². The zero-order valence-corrected chi connectivity index (χ0v) is 24.4. The van der Waals surface area contributed by atoms with E-state index in [0.29, 0.717) is 17.5 Å². The molecule has 3 heterocycles. The Morgan fingerprint density at radius 2 is 1.02 bits per heavy atom. The minimum atomic E-state index is 0.657. The number of nitrogens with zero attached hydrogens (tertiary/aromatic N) is 4. The van der Waals surface area contributed by atoms with E-state index in [2.05, 4.69) is 89.5 Å². The molecule has 6 aromatic carbocycles. The molecular weight excluding hydrogens is 557 g/mol. The van der Waals surface area contributed by atoms with Crippen LogP contribution in [0.15, 0.2) is 146 Å². The molecule has 0 spiro atoms. The fraction of sp³-hybridized carbons (Fsp3) is 0. The Bertz CT molecular complexity index is 2440. The van der Waals surface area contributed by atoms with Crippen molar-refractivity contribution in [2.24, 2.45) is 0 Å². The monoisotopic (exact) mass is 580 g/mol. The summed E-state index contributed by atoms with van der Waals surface area (Å²) in [6.07, 6.45) is 0. The minimum absolute atomic E-state index is 0.657. The van der Waals surface area contributed by atoms with Gasteiger partial charge in [0.05, 0.1) is 11.0 Å². The summed E-state index contributed by atoms with van der Waals surface area (Å²) in [4.78, 5) is 15.1. The number of aromatic nitrogens is 4. The number of fused-ring (bicyclic) bond motifs is 6. The summed E-state index contributed by atoms with van der Waals surface area (Å²) in [5, 5.41) is 4.87. The van der Waals surface area contributed by atoms with Crippen LogP contribution in [0.25, 0.3) is 81.8 Å². The lowest BCUT2D eigenvalue weighted by atomic mass is 10.1. The molecule has 0 saturated heterocycles. The highest BCUT2D eigenvalue weighted by atomic mass is 32.1. The summed E-state index contributed by atoms with van der Waals surface area (Å²) in [6, 6.07) is 50.8. The highest BCUT2D eigenvalue weighted by Gasteiger charge is 2.20. The van der Waals surface area contributed by atoms with Crippen molar-refractivity contribution in [3.63, 3.8) is 0 Å². The molecule has 5 heteroatoms. The minimum Gasteiger partial charge on any atom is -0.309 e. The molecule has 4 nitrogen and oxygen atoms in total. The molecular formula is C39H24N4S. The number of rotatable bonds is 4. The Balaban J connectivity index is 1.32. The second kappa shape index (κ2) is 9.97. The zero-order chi connectivity index (χ0) is 29.0. The van der Waals surface area contributed by atoms with E-state index in [1.165, 1.54) is 20.2 Å². The molecule has 0 aliphatic carbocycles. The second-order valence-corrected chi connectivity index (χ2v) is 12.0. The quantitative estimate of drug-likeness (QED) is 0.208. The first-order valence-corrected chi connectivity index (χ1v) is 15.4. The average Bonchev–Trinajstić information content (AvgIpc) is 3.64. The van der Waals surface area contributed by atoms with Crippen LogP contribution in [0.3, 0.4) is 0 Å². The molecule has 0 N–H and O–H groups in total. The average molecular weight is 581 g/mol. The van der Waals surface area contributed by atoms with E-state index in [4.69, 9.17) is 15.0 Å². The molecule has 44 heavy (non-hydrogen) atoms. The van der Waals surface area contributed by atoms with Crippen LogP contribution in [-0.2, 0) is 0 Å². The number of benzene rings is 6. The number of hydrogen-bond donors (Lipinski definition) is 0. The van der Waals surface area contributed by atoms with Crippen molar-refractivity contribution in [2.45, 2.75) is 0 Å². The first-order valence-electron chi connectivity index (χ1n) is 14.6. The van der Waals surface area contributed by atoms with E-state index >= 15 is 0 Å². The van der Waals surface area contributed by atoms with Gasteiger partial charge in [-0.05, 0) is 36.4 Å². The Morgan fingerprint density at radius 1 is 0.432 bits per heavy atom. The Kier molecular flexibility index (Phi) is 5.64. The Morgan fingerprint density at radius 3 is 1.77 bits per heavy atom. The standard InChI is InChI=1S/C39H24N4S/c1-3-12-25(13-4-1)37-40-38(26-14-5-2-6-15-26)42-39(41-37)30-18-11-20-33-36(30)29-17-7-9-19-32(29)43(33)27-22-23-35-31(24-27)28-16-8-10-21-34(28)44-35/h1-24H. The molecule has 0 fully saturated rings. The summed E-state index contributed by atoms with van der Waals surface area (Å²) >= 11 is 1.84. The smallest absolute Gasteiger partial charge is 0.164 e. The van der Waals surface area contributed by atoms with Crippen molar-refractivity contribution in [3.8, 4) is 39.9 Å². The van der Waals surface area contributed by atoms with Crippen molar-refractivity contribution >= 4 is 53.3 Å². The maximum atomic E-state index is 5.08. The number of hydrogen-bond acceptors (Lipinski definition) is 4. The third-order valence-electron chi connectivity index (χ3n) is 8.26. The van der Waals surface area contributed by atoms with Gasteiger partial charge >= 0.3 is 0 Å². The van der Waals surface area contributed by atoms with Gasteiger partial charge in [0.15, 0.2) is 17.5 Å². The summed E-state index contributed by atoms with van der Waals surface area (Å²) in [5.41, 5.74) is 6.30. The van der Waals surface area contributed by atoms with Crippen LogP contribution in [0.2, 0.25) is 0 Å². The van der Waals surface area contributed by atoms with Gasteiger partial charge in [-0.25, -0.2) is 15.0 Å². The molecule has 9 aromatic rings. The van der Waals surface area contributed by atoms with Crippen molar-refractivity contribution in [2.75, 3.05) is 0 Å². The maximum absolute atomic E-state index is 5.08. The van der Waals surface area contributed by atoms with Crippen LogP contribution in [0.4, 0.5) is 0 Å². The number of para-hydroxylation sites is 1. The molecule has 0 radical (unpaired) electrons. The van der Waals surface area contributed by atoms with E-state index < -0.39 is 0 Å². The Labute approximate surface area is 257 Å². The van der Waals surface area contributed by atoms with E-state index in [-0.39, 0.29) is 0 Å². The van der Waals surface area contributed by atoms with Crippen LogP contribution in [0.5, 0.6) is 0 Å². The molecule has 3 aromatic heterocycles. The van der Waals surface area contributed by atoms with Crippen molar-refractivity contribution in [1.29, 1.82) is 0 Å². The fourth-order valence-electron chi connectivity index (χ4n) is 6.27. The van der Waals surface area contributed by atoms with Gasteiger partial charge < -0.3 is 4.57 Å². The lowest BCUT2D eigenvalue weighted by Gasteiger charge is -2.10. The van der Waals surface area contributed by atoms with Crippen LogP contribution in [0, 0.1) is 0 Å². The highest BCUT2D eigenvalue weighted by molar-refractivity contribution is 7.25. The predicted octanol–water partition coefficient (Wildman–Crippen LogP) is 10.3. The molecule has 206 valence electrons. The largest absolute Gasteiger partial charge is 0.309 e. The van der Waals surface area contributed by atoms with Gasteiger partial charge in [0.25, 0.3) is 0 Å². The van der Waals surface area contributed by atoms with Crippen molar-refractivity contribution < 1.29 is 0 Å². The lowest BCUT2D eigenvalue weighted by molar-refractivity contribution is 1.08. The van der Waals surface area contributed by atoms with Gasteiger partial charge in [-0.2, -0.15) is 0 Å². The molecule has 0 unspecified atom stereocenters. The summed E-state index contributed by atoms with van der Waals surface area (Å²) in [6.45, 7) is 0. The first-order chi connectivity index (χ1) is 21.8. The van der Waals surface area contributed by atoms with Gasteiger partial charge in [0.1, 0.15) is 0 Å². The molecule has 0 amide bonds. The summed E-state index contributed by atoms with van der Waals surface area (Å²) in [5.74, 6) is 1.97. The van der Waals surface area contributed by atoms with Gasteiger partial charge in [0, 0.05) is 53.3 Å². The molecule has 9 rings (SSSR count). The van der Waals surface area contributed by atoms with Gasteiger partial charge in [-0.15, -0.1) is 11.3 Å². The lowest BCUT2D eigenvalue weighted by Crippen LogP contribution is -2.00. The van der Waals surface area contributed by atoms with Crippen LogP contribution < -0.4 is 0 Å². The predicted molar refractivity (Wildman–Crippen MR) is 183 cm³/mol. The second-order valence-electron chi connectivity index (χ2n) is 10.9. The van der Waals surface area contributed by atoms with Crippen molar-refractivity contribution in [3.05, 3.63) is 146 Å². The number of thiophene rings is 1. The fourth-order valence-corrected chi connectivity index (χ4v) is 7.35. The Hall–Kier alpha value is -5.65. The van der Waals surface area contributed by atoms with Gasteiger partial charge in [-0.1, -0.05) is 109 Å². The molecule has 0 atom stereocenters. The van der Waals surface area contributed by atoms with E-state index in [0.717, 1.165) is 44.2 Å². The van der Waals surface area contributed by atoms with Crippen LogP contribution in [-0.4, -0.2) is 19.5 Å². The normalized spacial score (nSPS) is 11.6. The summed E-state index contributed by atoms with van der Waals surface area (Å²) in [7, 11) is 0. The molecule has 0 bridgehead atoms. The SMILES string of the molecule is c1ccc(-c2nc(-c3ccccc3)nc(-c3cccc4c3c3ccccc3n4-c3ccc4sc5ccccc5c4c3)n2)cc1. The molecule has 0 saturated carbocycles. The first kappa shape index (κ1) is 24.9. The maximum Gasteiger partial charge on any atom is 0.164 e. The van der Waals surface area contributed by atoms with Gasteiger partial charge in [0.2, 0.25) is 0 Å². The molecule has 0 aliphatic heterocycles. The zero-order valence-electron chi connectivity index (χ0n) is 23.6. The third-order valence-corrected chi connectivity index (χ3v) is 9.41. The third kappa shape index (κ3) is 3.94. The van der Waals surface area contributed by atoms with Crippen LogP contribution >= 0.6 is 11.3 Å².